The van der Waals surface area contributed by atoms with E-state index in [9.17, 15) is 8.42 Å². The molecule has 0 saturated heterocycles. The van der Waals surface area contributed by atoms with Crippen LogP contribution < -0.4 is 0 Å². The third kappa shape index (κ3) is 5.28. The van der Waals surface area contributed by atoms with Crippen LogP contribution in [0.4, 0.5) is 0 Å². The Kier molecular flexibility index (Phi) is 6.66. The number of hydrogen-bond acceptors (Lipinski definition) is 9. The molecule has 1 atom stereocenters. The maximum absolute atomic E-state index is 12.9. The number of para-hydroxylation sites is 1. The number of thiazole rings is 3. The van der Waals surface area contributed by atoms with Gasteiger partial charge in [-0.25, -0.2) is 23.4 Å². The van der Waals surface area contributed by atoms with Crippen LogP contribution in [0.5, 0.6) is 0 Å². The molecule has 0 N–H and O–H groups in total. The first-order valence-electron chi connectivity index (χ1n) is 10.5. The average molecular weight is 538 g/mol. The third-order valence-corrected chi connectivity index (χ3v) is 15.4. The standard InChI is InChI=1S/C22H27N3O3S4Si/c1-14(28-33(5,6)22(2,3)4)19-24-17(12-30-19)20-23-15(11-29-20)13-32(26,27)21-25-16-9-7-8-10-18(16)31-21/h7-12,14H,13H2,1-6H3/t14-/m0/s1. The molecule has 0 unspecified atom stereocenters. The molecular weight excluding hydrogens is 511 g/mol. The van der Waals surface area contributed by atoms with E-state index in [0.717, 1.165) is 15.4 Å². The Bertz CT molecular complexity index is 1350. The molecule has 176 valence electrons. The summed E-state index contributed by atoms with van der Waals surface area (Å²) in [5, 5.41) is 5.50. The van der Waals surface area contributed by atoms with Crippen LogP contribution in [0.2, 0.25) is 18.1 Å². The van der Waals surface area contributed by atoms with Crippen LogP contribution in [0, 0.1) is 0 Å². The van der Waals surface area contributed by atoms with E-state index < -0.39 is 18.2 Å². The fraction of sp³-hybridized carbons (Fsp3) is 0.409. The summed E-state index contributed by atoms with van der Waals surface area (Å²) in [6.45, 7) is 13.2. The minimum Gasteiger partial charge on any atom is -0.408 e. The van der Waals surface area contributed by atoms with Gasteiger partial charge in [0.25, 0.3) is 0 Å². The molecule has 33 heavy (non-hydrogen) atoms. The molecule has 0 amide bonds. The summed E-state index contributed by atoms with van der Waals surface area (Å²) in [5.41, 5.74) is 1.97. The van der Waals surface area contributed by atoms with E-state index in [1.165, 1.54) is 22.7 Å². The second kappa shape index (κ2) is 8.93. The minimum atomic E-state index is -3.57. The molecule has 11 heteroatoms. The molecule has 0 bridgehead atoms. The van der Waals surface area contributed by atoms with Crippen molar-refractivity contribution in [3.05, 3.63) is 45.7 Å². The lowest BCUT2D eigenvalue weighted by Gasteiger charge is -2.38. The van der Waals surface area contributed by atoms with Gasteiger partial charge in [0.15, 0.2) is 8.32 Å². The number of fused-ring (bicyclic) bond motifs is 1. The molecule has 0 fully saturated rings. The summed E-state index contributed by atoms with van der Waals surface area (Å²) >= 11 is 4.15. The normalized spacial score (nSPS) is 14.1. The maximum Gasteiger partial charge on any atom is 0.211 e. The molecule has 0 saturated carbocycles. The molecule has 4 aromatic rings. The van der Waals surface area contributed by atoms with Gasteiger partial charge in [0, 0.05) is 10.8 Å². The van der Waals surface area contributed by atoms with Crippen LogP contribution in [0.3, 0.4) is 0 Å². The predicted molar refractivity (Wildman–Crippen MR) is 140 cm³/mol. The number of benzene rings is 1. The van der Waals surface area contributed by atoms with Crippen molar-refractivity contribution in [3.8, 4) is 10.7 Å². The Morgan fingerprint density at radius 1 is 1.06 bits per heavy atom. The Hall–Kier alpha value is -1.50. The van der Waals surface area contributed by atoms with E-state index in [1.54, 1.807) is 16.7 Å². The number of hydrogen-bond donors (Lipinski definition) is 0. The lowest BCUT2D eigenvalue weighted by atomic mass is 10.2. The fourth-order valence-electron chi connectivity index (χ4n) is 2.97. The van der Waals surface area contributed by atoms with Gasteiger partial charge < -0.3 is 4.43 Å². The Balaban J connectivity index is 1.49. The molecule has 1 aromatic carbocycles. The molecule has 0 radical (unpaired) electrons. The molecule has 6 nitrogen and oxygen atoms in total. The zero-order valence-corrected chi connectivity index (χ0v) is 23.7. The van der Waals surface area contributed by atoms with Gasteiger partial charge in [-0.2, -0.15) is 0 Å². The van der Waals surface area contributed by atoms with Crippen molar-refractivity contribution in [1.29, 1.82) is 0 Å². The van der Waals surface area contributed by atoms with E-state index in [-0.39, 0.29) is 21.2 Å². The Labute approximate surface area is 207 Å². The van der Waals surface area contributed by atoms with Gasteiger partial charge in [-0.3, -0.25) is 0 Å². The van der Waals surface area contributed by atoms with E-state index in [4.69, 9.17) is 9.41 Å². The van der Waals surface area contributed by atoms with Gasteiger partial charge in [-0.05, 0) is 37.2 Å². The molecule has 0 spiro atoms. The summed E-state index contributed by atoms with van der Waals surface area (Å²) in [6, 6.07) is 7.43. The van der Waals surface area contributed by atoms with Crippen molar-refractivity contribution in [3.63, 3.8) is 0 Å². The summed E-state index contributed by atoms with van der Waals surface area (Å²) < 4.78 is 33.3. The molecule has 3 aromatic heterocycles. The zero-order chi connectivity index (χ0) is 24.0. The van der Waals surface area contributed by atoms with Gasteiger partial charge in [0.2, 0.25) is 14.2 Å². The van der Waals surface area contributed by atoms with Gasteiger partial charge in [-0.1, -0.05) is 32.9 Å². The van der Waals surface area contributed by atoms with Gasteiger partial charge in [-0.15, -0.1) is 34.0 Å². The van der Waals surface area contributed by atoms with Crippen LogP contribution >= 0.6 is 34.0 Å². The van der Waals surface area contributed by atoms with Gasteiger partial charge >= 0.3 is 0 Å². The number of rotatable bonds is 7. The highest BCUT2D eigenvalue weighted by atomic mass is 32.2. The summed E-state index contributed by atoms with van der Waals surface area (Å²) in [6.07, 6.45) is -0.0940. The van der Waals surface area contributed by atoms with Crippen molar-refractivity contribution in [1.82, 2.24) is 15.0 Å². The van der Waals surface area contributed by atoms with E-state index in [0.29, 0.717) is 16.2 Å². The summed E-state index contributed by atoms with van der Waals surface area (Å²) in [7, 11) is -5.47. The maximum atomic E-state index is 12.9. The quantitative estimate of drug-likeness (QED) is 0.238. The Morgan fingerprint density at radius 2 is 1.79 bits per heavy atom. The van der Waals surface area contributed by atoms with Crippen molar-refractivity contribution in [2.24, 2.45) is 0 Å². The minimum absolute atomic E-state index is 0.0940. The second-order valence-corrected chi connectivity index (χ2v) is 19.1. The highest BCUT2D eigenvalue weighted by molar-refractivity contribution is 7.92. The van der Waals surface area contributed by atoms with Crippen LogP contribution in [0.25, 0.3) is 20.9 Å². The lowest BCUT2D eigenvalue weighted by Crippen LogP contribution is -2.41. The monoisotopic (exact) mass is 537 g/mol. The highest BCUT2D eigenvalue weighted by Gasteiger charge is 2.39. The number of sulfone groups is 1. The van der Waals surface area contributed by atoms with Crippen LogP contribution in [-0.4, -0.2) is 31.7 Å². The van der Waals surface area contributed by atoms with Crippen molar-refractivity contribution >= 4 is 62.4 Å². The molecular formula is C22H27N3O3S4Si. The Morgan fingerprint density at radius 3 is 2.48 bits per heavy atom. The SMILES string of the molecule is C[C@H](O[Si](C)(C)C(C)(C)C)c1nc(-c2nc(CS(=O)(=O)c3nc4ccccc4s3)cs2)cs1. The largest absolute Gasteiger partial charge is 0.408 e. The predicted octanol–water partition coefficient (Wildman–Crippen LogP) is 6.93. The summed E-state index contributed by atoms with van der Waals surface area (Å²) in [4.78, 5) is 13.6. The third-order valence-electron chi connectivity index (χ3n) is 5.80. The van der Waals surface area contributed by atoms with Gasteiger partial charge in [0.1, 0.15) is 21.5 Å². The molecule has 0 aliphatic heterocycles. The number of nitrogens with zero attached hydrogens (tertiary/aromatic N) is 3. The van der Waals surface area contributed by atoms with E-state index >= 15 is 0 Å². The smallest absolute Gasteiger partial charge is 0.211 e. The van der Waals surface area contributed by atoms with Crippen LogP contribution in [0.1, 0.15) is 44.5 Å². The zero-order valence-electron chi connectivity index (χ0n) is 19.4. The second-order valence-electron chi connectivity index (χ2n) is 9.44. The van der Waals surface area contributed by atoms with Crippen LogP contribution in [-0.2, 0) is 20.0 Å². The highest BCUT2D eigenvalue weighted by Crippen LogP contribution is 2.40. The average Bonchev–Trinajstić information content (AvgIpc) is 3.45. The van der Waals surface area contributed by atoms with Crippen LogP contribution in [0.15, 0.2) is 39.4 Å². The fourth-order valence-corrected chi connectivity index (χ4v) is 8.70. The van der Waals surface area contributed by atoms with Crippen molar-refractivity contribution in [2.75, 3.05) is 0 Å². The first kappa shape index (κ1) is 24.6. The van der Waals surface area contributed by atoms with E-state index in [1.807, 2.05) is 36.6 Å². The first-order chi connectivity index (χ1) is 15.4. The van der Waals surface area contributed by atoms with Gasteiger partial charge in [0.05, 0.1) is 22.0 Å². The summed E-state index contributed by atoms with van der Waals surface area (Å²) in [5.74, 6) is -0.175. The van der Waals surface area contributed by atoms with Crippen molar-refractivity contribution in [2.45, 2.75) is 62.0 Å². The van der Waals surface area contributed by atoms with E-state index in [2.05, 4.69) is 43.8 Å². The molecule has 3 heterocycles. The lowest BCUT2D eigenvalue weighted by molar-refractivity contribution is 0.202. The molecule has 0 aliphatic rings. The molecule has 0 aliphatic carbocycles. The van der Waals surface area contributed by atoms with Crippen molar-refractivity contribution < 1.29 is 12.8 Å². The topological polar surface area (TPSA) is 82.0 Å². The first-order valence-corrected chi connectivity index (χ1v) is 17.7. The molecule has 4 rings (SSSR count). The number of aromatic nitrogens is 3.